The van der Waals surface area contributed by atoms with Gasteiger partial charge in [0, 0.05) is 18.8 Å². The first-order chi connectivity index (χ1) is 12.3. The summed E-state index contributed by atoms with van der Waals surface area (Å²) in [5.74, 6) is -0.252. The van der Waals surface area contributed by atoms with Gasteiger partial charge in [0.1, 0.15) is 0 Å². The molecule has 1 amide bonds. The number of carbonyl (C=O) groups is 1. The summed E-state index contributed by atoms with van der Waals surface area (Å²) in [5.41, 5.74) is 0.527. The lowest BCUT2D eigenvalue weighted by atomic mass is 9.96. The molecule has 0 radical (unpaired) electrons. The van der Waals surface area contributed by atoms with E-state index in [0.717, 1.165) is 25.7 Å². The maximum absolute atomic E-state index is 12.8. The first-order valence-electron chi connectivity index (χ1n) is 8.78. The van der Waals surface area contributed by atoms with Crippen LogP contribution in [-0.4, -0.2) is 56.8 Å². The highest BCUT2D eigenvalue weighted by molar-refractivity contribution is 7.89. The van der Waals surface area contributed by atoms with Crippen LogP contribution in [0.15, 0.2) is 29.2 Å². The Balaban J connectivity index is 2.01. The number of nitrogens with zero attached hydrogens (tertiary/aromatic N) is 3. The van der Waals surface area contributed by atoms with Crippen molar-refractivity contribution < 1.29 is 13.2 Å². The number of sulfonamides is 1. The fourth-order valence-corrected chi connectivity index (χ4v) is 4.56. The molecule has 0 unspecified atom stereocenters. The molecule has 0 atom stereocenters. The Hall–Kier alpha value is -1.95. The van der Waals surface area contributed by atoms with Crippen molar-refractivity contribution in [3.8, 4) is 6.07 Å². The zero-order chi connectivity index (χ0) is 19.2. The Morgan fingerprint density at radius 1 is 1.19 bits per heavy atom. The summed E-state index contributed by atoms with van der Waals surface area (Å²) in [6.07, 6.45) is 5.11. The molecule has 0 aliphatic heterocycles. The number of hydrogen-bond acceptors (Lipinski definition) is 5. The monoisotopic (exact) mass is 378 g/mol. The molecule has 0 saturated heterocycles. The number of anilines is 1. The number of amides is 1. The van der Waals surface area contributed by atoms with Crippen LogP contribution >= 0.6 is 0 Å². The van der Waals surface area contributed by atoms with Gasteiger partial charge < -0.3 is 5.32 Å². The van der Waals surface area contributed by atoms with Crippen molar-refractivity contribution in [3.63, 3.8) is 0 Å². The fraction of sp³-hybridized carbons (Fsp3) is 0.556. The lowest BCUT2D eigenvalue weighted by molar-refractivity contribution is -0.116. The van der Waals surface area contributed by atoms with Gasteiger partial charge in [-0.2, -0.15) is 9.57 Å². The molecule has 1 fully saturated rings. The Bertz CT molecular complexity index is 750. The van der Waals surface area contributed by atoms with Crippen LogP contribution in [0, 0.1) is 11.3 Å². The average Bonchev–Trinajstić information content (AvgIpc) is 2.62. The molecule has 1 aliphatic carbocycles. The normalized spacial score (nSPS) is 15.8. The number of likely N-dealkylation sites (N-methyl/N-ethyl adjacent to an activating group) is 1. The first-order valence-corrected chi connectivity index (χ1v) is 10.2. The van der Waals surface area contributed by atoms with Crippen LogP contribution in [-0.2, 0) is 14.8 Å². The zero-order valence-corrected chi connectivity index (χ0v) is 16.1. The lowest BCUT2D eigenvalue weighted by Gasteiger charge is -2.30. The summed E-state index contributed by atoms with van der Waals surface area (Å²) in [6.45, 7) is 0.260. The number of nitriles is 1. The van der Waals surface area contributed by atoms with Crippen LogP contribution in [0.4, 0.5) is 5.69 Å². The molecule has 2 rings (SSSR count). The van der Waals surface area contributed by atoms with Gasteiger partial charge in [0.15, 0.2) is 0 Å². The number of nitrogens with one attached hydrogen (secondary N) is 1. The highest BCUT2D eigenvalue weighted by Gasteiger charge is 2.28. The third-order valence-electron chi connectivity index (χ3n) is 4.66. The smallest absolute Gasteiger partial charge is 0.243 e. The maximum atomic E-state index is 12.8. The molecule has 0 aromatic heterocycles. The van der Waals surface area contributed by atoms with Gasteiger partial charge in [-0.3, -0.25) is 9.69 Å². The summed E-state index contributed by atoms with van der Waals surface area (Å²) in [5, 5.41) is 11.3. The highest BCUT2D eigenvalue weighted by Crippen LogP contribution is 2.26. The molecule has 0 bridgehead atoms. The number of benzene rings is 1. The predicted octanol–water partition coefficient (Wildman–Crippen LogP) is 2.03. The third-order valence-corrected chi connectivity index (χ3v) is 6.58. The van der Waals surface area contributed by atoms with Gasteiger partial charge in [0.25, 0.3) is 0 Å². The maximum Gasteiger partial charge on any atom is 0.243 e. The van der Waals surface area contributed by atoms with Gasteiger partial charge in [-0.05, 0) is 44.2 Å². The van der Waals surface area contributed by atoms with Gasteiger partial charge in [0.05, 0.1) is 24.1 Å². The SMILES string of the molecule is CN(CC#N)CC(=O)Nc1ccc(S(=O)(=O)N(C)C2CCCCC2)cc1. The number of hydrogen-bond donors (Lipinski definition) is 1. The van der Waals surface area contributed by atoms with Crippen molar-refractivity contribution in [1.29, 1.82) is 5.26 Å². The van der Waals surface area contributed by atoms with Crippen molar-refractivity contribution in [1.82, 2.24) is 9.21 Å². The van der Waals surface area contributed by atoms with Crippen molar-refractivity contribution in [2.24, 2.45) is 0 Å². The Morgan fingerprint density at radius 3 is 2.38 bits per heavy atom. The van der Waals surface area contributed by atoms with Gasteiger partial charge in [0.2, 0.25) is 15.9 Å². The van der Waals surface area contributed by atoms with E-state index in [1.807, 2.05) is 6.07 Å². The van der Waals surface area contributed by atoms with Crippen molar-refractivity contribution in [2.75, 3.05) is 32.5 Å². The Kier molecular flexibility index (Phi) is 7.14. The van der Waals surface area contributed by atoms with Crippen LogP contribution < -0.4 is 5.32 Å². The average molecular weight is 378 g/mol. The van der Waals surface area contributed by atoms with E-state index in [4.69, 9.17) is 5.26 Å². The summed E-state index contributed by atoms with van der Waals surface area (Å²) < 4.78 is 27.0. The summed E-state index contributed by atoms with van der Waals surface area (Å²) >= 11 is 0. The Morgan fingerprint density at radius 2 is 1.81 bits per heavy atom. The zero-order valence-electron chi connectivity index (χ0n) is 15.3. The fourth-order valence-electron chi connectivity index (χ4n) is 3.14. The minimum atomic E-state index is -3.53. The van der Waals surface area contributed by atoms with Gasteiger partial charge in [-0.15, -0.1) is 0 Å². The van der Waals surface area contributed by atoms with Crippen molar-refractivity contribution in [2.45, 2.75) is 43.0 Å². The van der Waals surface area contributed by atoms with E-state index in [0.29, 0.717) is 5.69 Å². The van der Waals surface area contributed by atoms with Gasteiger partial charge in [-0.1, -0.05) is 19.3 Å². The molecule has 1 aromatic carbocycles. The molecule has 8 heteroatoms. The first kappa shape index (κ1) is 20.4. The quantitative estimate of drug-likeness (QED) is 0.733. The van der Waals surface area contributed by atoms with Crippen LogP contribution in [0.1, 0.15) is 32.1 Å². The molecule has 1 aliphatic rings. The minimum absolute atomic E-state index is 0.0591. The summed E-state index contributed by atoms with van der Waals surface area (Å²) in [7, 11) is -0.209. The third kappa shape index (κ3) is 5.27. The number of rotatable bonds is 7. The van der Waals surface area contributed by atoms with E-state index < -0.39 is 10.0 Å². The lowest BCUT2D eigenvalue weighted by Crippen LogP contribution is -2.38. The molecule has 1 saturated carbocycles. The number of carbonyl (C=O) groups excluding carboxylic acids is 1. The van der Waals surface area contributed by atoms with Crippen LogP contribution in [0.25, 0.3) is 0 Å². The largest absolute Gasteiger partial charge is 0.325 e. The topological polar surface area (TPSA) is 93.5 Å². The van der Waals surface area contributed by atoms with E-state index >= 15 is 0 Å². The van der Waals surface area contributed by atoms with Crippen molar-refractivity contribution >= 4 is 21.6 Å². The molecule has 1 aromatic rings. The molecule has 1 N–H and O–H groups in total. The molecule has 7 nitrogen and oxygen atoms in total. The minimum Gasteiger partial charge on any atom is -0.325 e. The molecule has 0 spiro atoms. The van der Waals surface area contributed by atoms with Crippen LogP contribution in [0.5, 0.6) is 0 Å². The van der Waals surface area contributed by atoms with Crippen LogP contribution in [0.2, 0.25) is 0 Å². The molecule has 0 heterocycles. The van der Waals surface area contributed by atoms with E-state index in [1.165, 1.54) is 22.9 Å². The van der Waals surface area contributed by atoms with Gasteiger partial charge >= 0.3 is 0 Å². The highest BCUT2D eigenvalue weighted by atomic mass is 32.2. The van der Waals surface area contributed by atoms with E-state index in [2.05, 4.69) is 5.32 Å². The molecular weight excluding hydrogens is 352 g/mol. The second-order valence-electron chi connectivity index (χ2n) is 6.72. The Labute approximate surface area is 155 Å². The van der Waals surface area contributed by atoms with Crippen molar-refractivity contribution in [3.05, 3.63) is 24.3 Å². The van der Waals surface area contributed by atoms with Gasteiger partial charge in [-0.25, -0.2) is 8.42 Å². The standard InChI is InChI=1S/C18H26N4O3S/c1-21(13-12-19)14-18(23)20-15-8-10-17(11-9-15)26(24,25)22(2)16-6-4-3-5-7-16/h8-11,16H,3-7,13-14H2,1-2H3,(H,20,23). The van der Waals surface area contributed by atoms with E-state index in [-0.39, 0.29) is 29.9 Å². The molecule has 26 heavy (non-hydrogen) atoms. The second-order valence-corrected chi connectivity index (χ2v) is 8.71. The summed E-state index contributed by atoms with van der Waals surface area (Å²) in [4.78, 5) is 13.7. The molecule has 142 valence electrons. The molecular formula is C18H26N4O3S. The van der Waals surface area contributed by atoms with Crippen LogP contribution in [0.3, 0.4) is 0 Å². The summed E-state index contributed by atoms with van der Waals surface area (Å²) in [6, 6.07) is 8.24. The second kappa shape index (κ2) is 9.12. The van der Waals surface area contributed by atoms with E-state index in [9.17, 15) is 13.2 Å². The predicted molar refractivity (Wildman–Crippen MR) is 100 cm³/mol. The van der Waals surface area contributed by atoms with E-state index in [1.54, 1.807) is 31.1 Å².